The number of allylic oxidation sites excluding steroid dienone is 20. The first-order valence-electron chi connectivity index (χ1n) is 33.0. The fourth-order valence-corrected chi connectivity index (χ4v) is 9.78. The molecule has 0 aliphatic carbocycles. The molecule has 2 atom stereocenters. The van der Waals surface area contributed by atoms with E-state index in [2.05, 4.69) is 135 Å². The second kappa shape index (κ2) is 65.6. The van der Waals surface area contributed by atoms with Crippen molar-refractivity contribution < 1.29 is 37.6 Å². The molecule has 0 saturated carbocycles. The Bertz CT molecular complexity index is 1740. The lowest BCUT2D eigenvalue weighted by Gasteiger charge is -2.19. The van der Waals surface area contributed by atoms with Crippen LogP contribution in [-0.2, 0) is 32.7 Å². The van der Waals surface area contributed by atoms with Crippen molar-refractivity contribution in [1.29, 1.82) is 0 Å². The Balaban J connectivity index is 4.02. The summed E-state index contributed by atoms with van der Waals surface area (Å²) in [5.74, 6) is -0.854. The highest BCUT2D eigenvalue weighted by Crippen LogP contribution is 2.43. The summed E-state index contributed by atoms with van der Waals surface area (Å²) in [7, 11) is -4.41. The number of unbranched alkanes of at least 4 members (excludes halogenated alkanes) is 28. The van der Waals surface area contributed by atoms with Gasteiger partial charge in [-0.1, -0.05) is 302 Å². The Hall–Kier alpha value is -3.59. The number of phosphoric acid groups is 1. The van der Waals surface area contributed by atoms with Gasteiger partial charge < -0.3 is 20.1 Å². The van der Waals surface area contributed by atoms with Gasteiger partial charge in [-0.05, 0) is 89.9 Å². The molecular formula is C71H122NO8P. The van der Waals surface area contributed by atoms with Crippen molar-refractivity contribution in [2.45, 2.75) is 290 Å². The Kier molecular flexibility index (Phi) is 62.7. The predicted molar refractivity (Wildman–Crippen MR) is 348 cm³/mol. The summed E-state index contributed by atoms with van der Waals surface area (Å²) in [6.07, 6.45) is 91.3. The van der Waals surface area contributed by atoms with Crippen molar-refractivity contribution in [3.05, 3.63) is 122 Å². The van der Waals surface area contributed by atoms with Crippen LogP contribution in [0.4, 0.5) is 0 Å². The number of hydrogen-bond acceptors (Lipinski definition) is 8. The van der Waals surface area contributed by atoms with E-state index in [4.69, 9.17) is 24.3 Å². The van der Waals surface area contributed by atoms with Crippen molar-refractivity contribution in [1.82, 2.24) is 0 Å². The molecule has 0 rings (SSSR count). The van der Waals surface area contributed by atoms with Gasteiger partial charge in [-0.25, -0.2) is 4.57 Å². The third kappa shape index (κ3) is 65.4. The van der Waals surface area contributed by atoms with Gasteiger partial charge >= 0.3 is 19.8 Å². The first-order chi connectivity index (χ1) is 39.8. The SMILES string of the molecule is CC/C=C\C/C=C\C/C=C\C/C=C\C/C=C\C/C=C\C/C=C\C/C=C\C/C=C\C/C=C\CCCCCCC(=O)OC(COC(=O)CCCCCCCCCCCCCCCCCCCCCCCCCCC)COP(=O)(O)OCCN. The monoisotopic (exact) mass is 1150 g/mol. The Morgan fingerprint density at radius 3 is 1.01 bits per heavy atom. The van der Waals surface area contributed by atoms with E-state index >= 15 is 0 Å². The minimum absolute atomic E-state index is 0.0441. The van der Waals surface area contributed by atoms with Gasteiger partial charge in [0.2, 0.25) is 0 Å². The lowest BCUT2D eigenvalue weighted by atomic mass is 10.0. The first kappa shape index (κ1) is 77.4. The van der Waals surface area contributed by atoms with Crippen molar-refractivity contribution in [3.8, 4) is 0 Å². The topological polar surface area (TPSA) is 134 Å². The summed E-state index contributed by atoms with van der Waals surface area (Å²) in [4.78, 5) is 35.3. The highest BCUT2D eigenvalue weighted by molar-refractivity contribution is 7.47. The van der Waals surface area contributed by atoms with Crippen molar-refractivity contribution in [2.75, 3.05) is 26.4 Å². The van der Waals surface area contributed by atoms with E-state index in [-0.39, 0.29) is 38.6 Å². The van der Waals surface area contributed by atoms with E-state index in [1.54, 1.807) is 0 Å². The van der Waals surface area contributed by atoms with Crippen LogP contribution in [0.5, 0.6) is 0 Å². The van der Waals surface area contributed by atoms with E-state index in [0.717, 1.165) is 109 Å². The lowest BCUT2D eigenvalue weighted by molar-refractivity contribution is -0.161. The third-order valence-corrected chi connectivity index (χ3v) is 14.8. The van der Waals surface area contributed by atoms with Crippen LogP contribution in [0, 0.1) is 0 Å². The molecule has 0 heterocycles. The molecule has 0 amide bonds. The number of esters is 2. The molecule has 0 aromatic carbocycles. The summed E-state index contributed by atoms with van der Waals surface area (Å²) < 4.78 is 33.1. The predicted octanol–water partition coefficient (Wildman–Crippen LogP) is 21.5. The van der Waals surface area contributed by atoms with Gasteiger partial charge in [0.15, 0.2) is 6.10 Å². The van der Waals surface area contributed by atoms with Crippen LogP contribution < -0.4 is 5.73 Å². The second-order valence-corrected chi connectivity index (χ2v) is 23.1. The normalized spacial score (nSPS) is 13.8. The largest absolute Gasteiger partial charge is 0.472 e. The molecule has 81 heavy (non-hydrogen) atoms. The Morgan fingerprint density at radius 1 is 0.383 bits per heavy atom. The first-order valence-corrected chi connectivity index (χ1v) is 34.5. The molecule has 0 aliphatic heterocycles. The number of carbonyl (C=O) groups excluding carboxylic acids is 2. The van der Waals surface area contributed by atoms with E-state index in [1.807, 2.05) is 0 Å². The summed E-state index contributed by atoms with van der Waals surface area (Å²) in [5, 5.41) is 0. The van der Waals surface area contributed by atoms with E-state index in [1.165, 1.54) is 141 Å². The number of ether oxygens (including phenoxy) is 2. The van der Waals surface area contributed by atoms with Crippen molar-refractivity contribution in [2.24, 2.45) is 5.73 Å². The molecule has 0 radical (unpaired) electrons. The zero-order valence-electron chi connectivity index (χ0n) is 52.0. The maximum Gasteiger partial charge on any atom is 0.472 e. The van der Waals surface area contributed by atoms with Gasteiger partial charge in [0, 0.05) is 19.4 Å². The quantitative estimate of drug-likeness (QED) is 0.0264. The van der Waals surface area contributed by atoms with Gasteiger partial charge in [0.25, 0.3) is 0 Å². The lowest BCUT2D eigenvalue weighted by Crippen LogP contribution is -2.29. The molecule has 0 aromatic rings. The fraction of sp³-hybridized carbons (Fsp3) is 0.690. The molecule has 0 saturated heterocycles. The number of nitrogens with two attached hydrogens (primary N) is 1. The minimum Gasteiger partial charge on any atom is -0.462 e. The van der Waals surface area contributed by atoms with Crippen molar-refractivity contribution >= 4 is 19.8 Å². The molecule has 2 unspecified atom stereocenters. The van der Waals surface area contributed by atoms with E-state index < -0.39 is 26.5 Å². The number of carbonyl (C=O) groups is 2. The third-order valence-electron chi connectivity index (χ3n) is 13.9. The van der Waals surface area contributed by atoms with Crippen LogP contribution in [0.25, 0.3) is 0 Å². The average Bonchev–Trinajstić information content (AvgIpc) is 3.46. The number of rotatable bonds is 61. The molecule has 0 fully saturated rings. The highest BCUT2D eigenvalue weighted by atomic mass is 31.2. The summed E-state index contributed by atoms with van der Waals surface area (Å²) in [5.41, 5.74) is 5.39. The smallest absolute Gasteiger partial charge is 0.462 e. The summed E-state index contributed by atoms with van der Waals surface area (Å²) >= 11 is 0. The highest BCUT2D eigenvalue weighted by Gasteiger charge is 2.26. The molecule has 0 bridgehead atoms. The molecule has 0 aliphatic rings. The standard InChI is InChI=1S/C71H122NO8P/c1-3-5-7-9-11-13-15-17-19-21-23-25-27-29-30-31-32-33-34-35-36-37-38-40-42-44-46-48-50-52-54-56-58-60-62-64-71(74)80-69(68-79-81(75,76)78-66-65-72)67-77-70(73)63-61-59-57-55-53-51-49-47-45-43-41-39-28-26-24-22-20-18-16-14-12-10-8-6-4-2/h5,7,11,13,17,19,23,25,29-30,32-33,35-36,38,40,44,46,50,52,69H,3-4,6,8-10,12,14-16,18,20-22,24,26-28,31,34,37,39,41-43,45,47-49,51,53-68,72H2,1-2H3,(H,75,76)/b7-5-,13-11-,19-17-,25-23-,30-29-,33-32-,36-35-,40-38-,46-44-,52-50-. The molecule has 10 heteroatoms. The fourth-order valence-electron chi connectivity index (χ4n) is 9.02. The van der Waals surface area contributed by atoms with Crippen LogP contribution in [0.2, 0.25) is 0 Å². The van der Waals surface area contributed by atoms with Crippen LogP contribution in [0.3, 0.4) is 0 Å². The maximum atomic E-state index is 12.7. The van der Waals surface area contributed by atoms with Crippen molar-refractivity contribution in [3.63, 3.8) is 0 Å². The molecule has 9 nitrogen and oxygen atoms in total. The summed E-state index contributed by atoms with van der Waals surface area (Å²) in [6.45, 7) is 3.62. The van der Waals surface area contributed by atoms with Crippen LogP contribution in [-0.4, -0.2) is 49.3 Å². The van der Waals surface area contributed by atoms with Gasteiger partial charge in [0.05, 0.1) is 13.2 Å². The Labute approximate surface area is 498 Å². The number of phosphoric ester groups is 1. The average molecular weight is 1150 g/mol. The van der Waals surface area contributed by atoms with Crippen LogP contribution >= 0.6 is 7.82 Å². The van der Waals surface area contributed by atoms with Gasteiger partial charge in [0.1, 0.15) is 6.61 Å². The van der Waals surface area contributed by atoms with Gasteiger partial charge in [-0.15, -0.1) is 0 Å². The van der Waals surface area contributed by atoms with Crippen LogP contribution in [0.1, 0.15) is 284 Å². The van der Waals surface area contributed by atoms with Gasteiger partial charge in [-0.3, -0.25) is 18.6 Å². The minimum atomic E-state index is -4.41. The molecule has 464 valence electrons. The Morgan fingerprint density at radius 2 is 0.679 bits per heavy atom. The molecular weight excluding hydrogens is 1030 g/mol. The summed E-state index contributed by atoms with van der Waals surface area (Å²) in [6, 6.07) is 0. The van der Waals surface area contributed by atoms with E-state index in [9.17, 15) is 19.0 Å². The zero-order valence-corrected chi connectivity index (χ0v) is 52.9. The molecule has 0 aromatic heterocycles. The van der Waals surface area contributed by atoms with E-state index in [0.29, 0.717) is 6.42 Å². The van der Waals surface area contributed by atoms with Gasteiger partial charge in [-0.2, -0.15) is 0 Å². The van der Waals surface area contributed by atoms with Crippen LogP contribution in [0.15, 0.2) is 122 Å². The molecule has 0 spiro atoms. The second-order valence-electron chi connectivity index (χ2n) is 21.6. The zero-order chi connectivity index (χ0) is 58.7. The molecule has 3 N–H and O–H groups in total. The number of hydrogen-bond donors (Lipinski definition) is 2. The maximum absolute atomic E-state index is 12.7.